The summed E-state index contributed by atoms with van der Waals surface area (Å²) in [4.78, 5) is 10.2. The zero-order valence-corrected chi connectivity index (χ0v) is 30.9. The quantitative estimate of drug-likeness (QED) is 0.169. The molecule has 0 atom stereocenters. The Bertz CT molecular complexity index is 3580. The normalized spacial score (nSPS) is 11.9. The Kier molecular flexibility index (Phi) is 6.93. The van der Waals surface area contributed by atoms with E-state index in [1.165, 1.54) is 70.9 Å². The van der Waals surface area contributed by atoms with Gasteiger partial charge in [0.1, 0.15) is 11.2 Å². The van der Waals surface area contributed by atoms with Gasteiger partial charge >= 0.3 is 0 Å². The molecule has 0 saturated heterocycles. The Hall–Kier alpha value is -7.62. The third-order valence-corrected chi connectivity index (χ3v) is 11.8. The third-order valence-electron chi connectivity index (χ3n) is 11.8. The van der Waals surface area contributed by atoms with Crippen LogP contribution in [0.4, 0.5) is 0 Å². The van der Waals surface area contributed by atoms with Gasteiger partial charge in [-0.3, -0.25) is 4.40 Å². The SMILES string of the molecule is c1ccc2cc(-c3c4ccccc4c(-c4ccc5ccccc5c4)c4cc(-c5ccc(-c6nc7c(nc8ccccn87)c7ccccc67)cc5)ccc34)ccc2c1. The molecule has 0 fully saturated rings. The molecule has 0 saturated carbocycles. The van der Waals surface area contributed by atoms with Crippen LogP contribution in [0.5, 0.6) is 0 Å². The van der Waals surface area contributed by atoms with Crippen molar-refractivity contribution in [3.63, 3.8) is 0 Å². The lowest BCUT2D eigenvalue weighted by Crippen LogP contribution is -1.93. The monoisotopic (exact) mass is 723 g/mol. The molecule has 3 heteroatoms. The summed E-state index contributed by atoms with van der Waals surface area (Å²) in [5, 5.41) is 12.1. The molecule has 0 radical (unpaired) electrons. The highest BCUT2D eigenvalue weighted by molar-refractivity contribution is 6.22. The highest BCUT2D eigenvalue weighted by Crippen LogP contribution is 2.46. The molecule has 0 aliphatic carbocycles. The van der Waals surface area contributed by atoms with Crippen molar-refractivity contribution in [2.75, 3.05) is 0 Å². The van der Waals surface area contributed by atoms with E-state index < -0.39 is 0 Å². The van der Waals surface area contributed by atoms with Crippen LogP contribution in [0.2, 0.25) is 0 Å². The average Bonchev–Trinajstić information content (AvgIpc) is 3.66. The molecule has 0 spiro atoms. The van der Waals surface area contributed by atoms with E-state index in [0.717, 1.165) is 44.4 Å². The molecule has 3 heterocycles. The Morgan fingerprint density at radius 2 is 0.825 bits per heavy atom. The predicted molar refractivity (Wildman–Crippen MR) is 240 cm³/mol. The maximum atomic E-state index is 5.26. The molecule has 264 valence electrons. The third kappa shape index (κ3) is 4.99. The van der Waals surface area contributed by atoms with Crippen molar-refractivity contribution in [2.24, 2.45) is 0 Å². The van der Waals surface area contributed by atoms with Gasteiger partial charge in [-0.2, -0.15) is 0 Å². The highest BCUT2D eigenvalue weighted by atomic mass is 15.1. The first-order valence-corrected chi connectivity index (χ1v) is 19.5. The summed E-state index contributed by atoms with van der Waals surface area (Å²) in [7, 11) is 0. The van der Waals surface area contributed by atoms with Gasteiger partial charge < -0.3 is 0 Å². The molecular weight excluding hydrogens is 691 g/mol. The molecule has 0 N–H and O–H groups in total. The summed E-state index contributed by atoms with van der Waals surface area (Å²) in [5.41, 5.74) is 12.0. The molecule has 57 heavy (non-hydrogen) atoms. The second-order valence-electron chi connectivity index (χ2n) is 15.0. The lowest BCUT2D eigenvalue weighted by molar-refractivity contribution is 1.19. The molecule has 3 aromatic heterocycles. The first-order chi connectivity index (χ1) is 28.2. The number of rotatable bonds is 4. The van der Waals surface area contributed by atoms with Gasteiger partial charge in [-0.05, 0) is 107 Å². The molecular formula is C54H33N3. The first kappa shape index (κ1) is 31.7. The van der Waals surface area contributed by atoms with Gasteiger partial charge in [0.05, 0.1) is 5.69 Å². The summed E-state index contributed by atoms with van der Waals surface area (Å²) in [5.74, 6) is 0. The molecule has 0 unspecified atom stereocenters. The largest absolute Gasteiger partial charge is 0.284 e. The van der Waals surface area contributed by atoms with E-state index in [4.69, 9.17) is 9.97 Å². The molecule has 12 aromatic rings. The van der Waals surface area contributed by atoms with Gasteiger partial charge in [0.15, 0.2) is 5.65 Å². The zero-order valence-electron chi connectivity index (χ0n) is 30.9. The van der Waals surface area contributed by atoms with Crippen molar-refractivity contribution >= 4 is 70.7 Å². The molecule has 12 rings (SSSR count). The number of aromatic nitrogens is 3. The van der Waals surface area contributed by atoms with Crippen LogP contribution in [0.25, 0.3) is 115 Å². The van der Waals surface area contributed by atoms with E-state index in [1.54, 1.807) is 0 Å². The molecule has 0 aliphatic rings. The van der Waals surface area contributed by atoms with Crippen LogP contribution in [-0.4, -0.2) is 14.4 Å². The molecule has 0 aliphatic heterocycles. The van der Waals surface area contributed by atoms with Gasteiger partial charge in [-0.25, -0.2) is 9.97 Å². The Morgan fingerprint density at radius 1 is 0.316 bits per heavy atom. The number of benzene rings is 9. The van der Waals surface area contributed by atoms with Crippen molar-refractivity contribution in [1.29, 1.82) is 0 Å². The van der Waals surface area contributed by atoms with Crippen molar-refractivity contribution < 1.29 is 0 Å². The topological polar surface area (TPSA) is 30.2 Å². The highest BCUT2D eigenvalue weighted by Gasteiger charge is 2.19. The van der Waals surface area contributed by atoms with Crippen LogP contribution in [0.1, 0.15) is 0 Å². The van der Waals surface area contributed by atoms with Crippen molar-refractivity contribution in [3.8, 4) is 44.6 Å². The standard InChI is InChI=1S/C54H33N3/c1-3-13-38-31-41(26-22-34(38)11-1)50-43-15-5-6-16-44(43)51(42-27-23-35-12-2-4-14-39(35)32-42)48-33-40(28-29-45(48)50)36-20-24-37(25-21-36)52-46-17-7-8-18-47(46)53-54(56-52)57-30-10-9-19-49(57)55-53/h1-33H. The summed E-state index contributed by atoms with van der Waals surface area (Å²) in [6.07, 6.45) is 2.04. The summed E-state index contributed by atoms with van der Waals surface area (Å²) in [6.45, 7) is 0. The fourth-order valence-corrected chi connectivity index (χ4v) is 9.04. The minimum Gasteiger partial charge on any atom is -0.284 e. The Labute approximate surface area is 328 Å². The predicted octanol–water partition coefficient (Wildman–Crippen LogP) is 14.3. The summed E-state index contributed by atoms with van der Waals surface area (Å²) in [6, 6.07) is 70.5. The second kappa shape index (κ2) is 12.5. The van der Waals surface area contributed by atoms with Crippen LogP contribution < -0.4 is 0 Å². The summed E-state index contributed by atoms with van der Waals surface area (Å²) >= 11 is 0. The van der Waals surface area contributed by atoms with Gasteiger partial charge in [0.25, 0.3) is 0 Å². The van der Waals surface area contributed by atoms with Crippen LogP contribution in [0.3, 0.4) is 0 Å². The van der Waals surface area contributed by atoms with Crippen LogP contribution in [0.15, 0.2) is 200 Å². The maximum absolute atomic E-state index is 5.26. The maximum Gasteiger partial charge on any atom is 0.165 e. The average molecular weight is 724 g/mol. The number of hydrogen-bond donors (Lipinski definition) is 0. The lowest BCUT2D eigenvalue weighted by atomic mass is 9.84. The smallest absolute Gasteiger partial charge is 0.165 e. The fraction of sp³-hybridized carbons (Fsp3) is 0. The zero-order chi connectivity index (χ0) is 37.5. The number of hydrogen-bond acceptors (Lipinski definition) is 2. The lowest BCUT2D eigenvalue weighted by Gasteiger charge is -2.19. The van der Waals surface area contributed by atoms with Crippen LogP contribution in [0, 0.1) is 0 Å². The van der Waals surface area contributed by atoms with Gasteiger partial charge in [-0.1, -0.05) is 164 Å². The van der Waals surface area contributed by atoms with Crippen molar-refractivity contribution in [1.82, 2.24) is 14.4 Å². The van der Waals surface area contributed by atoms with Crippen LogP contribution >= 0.6 is 0 Å². The Balaban J connectivity index is 1.07. The molecule has 0 bridgehead atoms. The minimum absolute atomic E-state index is 0.869. The van der Waals surface area contributed by atoms with E-state index in [0.29, 0.717) is 0 Å². The number of nitrogens with zero attached hydrogens (tertiary/aromatic N) is 3. The first-order valence-electron chi connectivity index (χ1n) is 19.5. The molecule has 9 aromatic carbocycles. The number of imidazole rings is 1. The second-order valence-corrected chi connectivity index (χ2v) is 15.0. The van der Waals surface area contributed by atoms with Gasteiger partial charge in [-0.15, -0.1) is 0 Å². The molecule has 0 amide bonds. The number of fused-ring (bicyclic) bond motifs is 9. The van der Waals surface area contributed by atoms with E-state index >= 15 is 0 Å². The summed E-state index contributed by atoms with van der Waals surface area (Å²) < 4.78 is 2.08. The molecule has 3 nitrogen and oxygen atoms in total. The van der Waals surface area contributed by atoms with Gasteiger partial charge in [0.2, 0.25) is 0 Å². The number of pyridine rings is 2. The van der Waals surface area contributed by atoms with E-state index in [9.17, 15) is 0 Å². The fourth-order valence-electron chi connectivity index (χ4n) is 9.04. The van der Waals surface area contributed by atoms with E-state index in [1.807, 2.05) is 24.4 Å². The van der Waals surface area contributed by atoms with Crippen molar-refractivity contribution in [2.45, 2.75) is 0 Å². The van der Waals surface area contributed by atoms with E-state index in [-0.39, 0.29) is 0 Å². The Morgan fingerprint density at radius 3 is 1.51 bits per heavy atom. The minimum atomic E-state index is 0.869. The van der Waals surface area contributed by atoms with Crippen molar-refractivity contribution in [3.05, 3.63) is 200 Å². The van der Waals surface area contributed by atoms with Crippen LogP contribution in [-0.2, 0) is 0 Å². The van der Waals surface area contributed by atoms with Gasteiger partial charge in [0, 0.05) is 22.5 Å². The van der Waals surface area contributed by atoms with E-state index in [2.05, 4.69) is 180 Å².